The molecule has 0 aliphatic carbocycles. The zero-order valence-corrected chi connectivity index (χ0v) is 16.7. The van der Waals surface area contributed by atoms with Crippen molar-refractivity contribution in [3.8, 4) is 0 Å². The third kappa shape index (κ3) is 3.91. The number of hydrogen-bond donors (Lipinski definition) is 1. The lowest BCUT2D eigenvalue weighted by Gasteiger charge is -2.36. The van der Waals surface area contributed by atoms with Crippen LogP contribution in [0.15, 0.2) is 48.7 Å². The van der Waals surface area contributed by atoms with E-state index < -0.39 is 0 Å². The van der Waals surface area contributed by atoms with E-state index >= 15 is 0 Å². The van der Waals surface area contributed by atoms with Crippen LogP contribution in [0.1, 0.15) is 16.7 Å². The highest BCUT2D eigenvalue weighted by Crippen LogP contribution is 2.25. The van der Waals surface area contributed by atoms with Gasteiger partial charge in [0.05, 0.1) is 6.20 Å². The molecule has 0 unspecified atom stereocenters. The SMILES string of the molecule is Cc1cccc(Nc2cnnc(N3CCN(c4cccc(C)c4C)CC3)n2)c1. The van der Waals surface area contributed by atoms with Crippen LogP contribution in [0.3, 0.4) is 0 Å². The average Bonchev–Trinajstić information content (AvgIpc) is 2.71. The number of aryl methyl sites for hydroxylation is 2. The van der Waals surface area contributed by atoms with E-state index in [1.807, 2.05) is 12.1 Å². The molecule has 0 bridgehead atoms. The van der Waals surface area contributed by atoms with Gasteiger partial charge in [-0.25, -0.2) is 0 Å². The highest BCUT2D eigenvalue weighted by Gasteiger charge is 2.21. The average molecular weight is 374 g/mol. The largest absolute Gasteiger partial charge is 0.368 e. The molecule has 0 atom stereocenters. The Bertz CT molecular complexity index is 963. The molecular weight excluding hydrogens is 348 g/mol. The lowest BCUT2D eigenvalue weighted by molar-refractivity contribution is 0.634. The predicted molar refractivity (Wildman–Crippen MR) is 115 cm³/mol. The van der Waals surface area contributed by atoms with Gasteiger partial charge in [0.2, 0.25) is 5.95 Å². The summed E-state index contributed by atoms with van der Waals surface area (Å²) in [4.78, 5) is 9.32. The molecule has 1 aromatic heterocycles. The molecular formula is C22H26N6. The van der Waals surface area contributed by atoms with Gasteiger partial charge in [0, 0.05) is 37.6 Å². The molecule has 3 aromatic rings. The normalized spacial score (nSPS) is 14.2. The number of nitrogens with one attached hydrogen (secondary N) is 1. The maximum atomic E-state index is 4.67. The highest BCUT2D eigenvalue weighted by atomic mass is 15.4. The van der Waals surface area contributed by atoms with E-state index in [4.69, 9.17) is 0 Å². The fourth-order valence-corrected chi connectivity index (χ4v) is 3.58. The molecule has 2 aromatic carbocycles. The third-order valence-corrected chi connectivity index (χ3v) is 5.32. The quantitative estimate of drug-likeness (QED) is 0.748. The minimum Gasteiger partial charge on any atom is -0.368 e. The summed E-state index contributed by atoms with van der Waals surface area (Å²) in [6.07, 6.45) is 1.66. The van der Waals surface area contributed by atoms with Crippen LogP contribution in [0.25, 0.3) is 0 Å². The fraction of sp³-hybridized carbons (Fsp3) is 0.318. The smallest absolute Gasteiger partial charge is 0.247 e. The Kier molecular flexibility index (Phi) is 5.10. The predicted octanol–water partition coefficient (Wildman–Crippen LogP) is 3.87. The third-order valence-electron chi connectivity index (χ3n) is 5.32. The number of nitrogens with zero attached hydrogens (tertiary/aromatic N) is 5. The number of hydrogen-bond acceptors (Lipinski definition) is 6. The van der Waals surface area contributed by atoms with Crippen molar-refractivity contribution in [3.05, 3.63) is 65.4 Å². The summed E-state index contributed by atoms with van der Waals surface area (Å²) in [5.74, 6) is 1.39. The van der Waals surface area contributed by atoms with Crippen molar-refractivity contribution in [2.75, 3.05) is 41.3 Å². The van der Waals surface area contributed by atoms with Crippen molar-refractivity contribution in [1.82, 2.24) is 15.2 Å². The van der Waals surface area contributed by atoms with Crippen molar-refractivity contribution in [3.63, 3.8) is 0 Å². The lowest BCUT2D eigenvalue weighted by atomic mass is 10.1. The molecule has 6 heteroatoms. The molecule has 1 aliphatic rings. The first-order valence-electron chi connectivity index (χ1n) is 9.70. The van der Waals surface area contributed by atoms with Gasteiger partial charge >= 0.3 is 0 Å². The number of piperazine rings is 1. The lowest BCUT2D eigenvalue weighted by Crippen LogP contribution is -2.47. The molecule has 0 radical (unpaired) electrons. The Morgan fingerprint density at radius 3 is 2.43 bits per heavy atom. The summed E-state index contributed by atoms with van der Waals surface area (Å²) >= 11 is 0. The van der Waals surface area contributed by atoms with Gasteiger partial charge in [-0.05, 0) is 55.7 Å². The fourth-order valence-electron chi connectivity index (χ4n) is 3.58. The van der Waals surface area contributed by atoms with Crippen molar-refractivity contribution >= 4 is 23.1 Å². The van der Waals surface area contributed by atoms with E-state index in [-0.39, 0.29) is 0 Å². The van der Waals surface area contributed by atoms with Crippen LogP contribution in [-0.4, -0.2) is 41.4 Å². The summed E-state index contributed by atoms with van der Waals surface area (Å²) in [6, 6.07) is 14.7. The Morgan fingerprint density at radius 1 is 0.893 bits per heavy atom. The number of anilines is 4. The Morgan fingerprint density at radius 2 is 1.64 bits per heavy atom. The van der Waals surface area contributed by atoms with Gasteiger partial charge in [-0.15, -0.1) is 5.10 Å². The van der Waals surface area contributed by atoms with Crippen LogP contribution in [0.4, 0.5) is 23.1 Å². The molecule has 1 aliphatic heterocycles. The summed E-state index contributed by atoms with van der Waals surface area (Å²) < 4.78 is 0. The van der Waals surface area contributed by atoms with Gasteiger partial charge in [0.25, 0.3) is 0 Å². The van der Waals surface area contributed by atoms with Gasteiger partial charge in [-0.3, -0.25) is 0 Å². The molecule has 4 rings (SSSR count). The zero-order chi connectivity index (χ0) is 19.5. The Balaban J connectivity index is 1.44. The van der Waals surface area contributed by atoms with E-state index in [0.29, 0.717) is 11.8 Å². The second kappa shape index (κ2) is 7.84. The molecule has 0 amide bonds. The van der Waals surface area contributed by atoms with E-state index in [1.54, 1.807) is 6.20 Å². The van der Waals surface area contributed by atoms with Crippen LogP contribution in [0.5, 0.6) is 0 Å². The van der Waals surface area contributed by atoms with Crippen molar-refractivity contribution in [2.45, 2.75) is 20.8 Å². The minimum absolute atomic E-state index is 0.679. The number of benzene rings is 2. The van der Waals surface area contributed by atoms with Crippen LogP contribution >= 0.6 is 0 Å². The van der Waals surface area contributed by atoms with Gasteiger partial charge < -0.3 is 15.1 Å². The molecule has 144 valence electrons. The summed E-state index contributed by atoms with van der Waals surface area (Å²) in [5, 5.41) is 11.7. The van der Waals surface area contributed by atoms with Gasteiger partial charge in [0.1, 0.15) is 0 Å². The van der Waals surface area contributed by atoms with Crippen molar-refractivity contribution in [2.24, 2.45) is 0 Å². The monoisotopic (exact) mass is 374 g/mol. The molecule has 1 saturated heterocycles. The minimum atomic E-state index is 0.679. The number of aromatic nitrogens is 3. The molecule has 0 spiro atoms. The van der Waals surface area contributed by atoms with Crippen LogP contribution in [0.2, 0.25) is 0 Å². The first-order chi connectivity index (χ1) is 13.6. The highest BCUT2D eigenvalue weighted by molar-refractivity contribution is 5.58. The van der Waals surface area contributed by atoms with Crippen LogP contribution in [0, 0.1) is 20.8 Å². The first kappa shape index (κ1) is 18.2. The summed E-state index contributed by atoms with van der Waals surface area (Å²) in [5.41, 5.74) is 6.23. The molecule has 1 fully saturated rings. The molecule has 6 nitrogen and oxygen atoms in total. The summed E-state index contributed by atoms with van der Waals surface area (Å²) in [6.45, 7) is 10.1. The Hall–Kier alpha value is -3.15. The number of rotatable bonds is 4. The van der Waals surface area contributed by atoms with Crippen molar-refractivity contribution in [1.29, 1.82) is 0 Å². The summed E-state index contributed by atoms with van der Waals surface area (Å²) in [7, 11) is 0. The zero-order valence-electron chi connectivity index (χ0n) is 16.7. The molecule has 0 saturated carbocycles. The van der Waals surface area contributed by atoms with Crippen LogP contribution in [-0.2, 0) is 0 Å². The van der Waals surface area contributed by atoms with E-state index in [9.17, 15) is 0 Å². The maximum Gasteiger partial charge on any atom is 0.247 e. The van der Waals surface area contributed by atoms with E-state index in [0.717, 1.165) is 31.9 Å². The van der Waals surface area contributed by atoms with Gasteiger partial charge in [-0.1, -0.05) is 24.3 Å². The van der Waals surface area contributed by atoms with E-state index in [2.05, 4.69) is 81.4 Å². The molecule has 2 heterocycles. The second-order valence-electron chi connectivity index (χ2n) is 7.33. The molecule has 28 heavy (non-hydrogen) atoms. The first-order valence-corrected chi connectivity index (χ1v) is 9.70. The molecule has 1 N–H and O–H groups in total. The van der Waals surface area contributed by atoms with Crippen LogP contribution < -0.4 is 15.1 Å². The van der Waals surface area contributed by atoms with Gasteiger partial charge in [0.15, 0.2) is 5.82 Å². The standard InChI is InChI=1S/C22H26N6/c1-16-6-4-8-19(14-16)24-21-15-23-26-22(25-21)28-12-10-27(11-13-28)20-9-5-7-17(2)18(20)3/h4-9,14-15H,10-13H2,1-3H3,(H,24,25,26). The van der Waals surface area contributed by atoms with Crippen molar-refractivity contribution < 1.29 is 0 Å². The van der Waals surface area contributed by atoms with Gasteiger partial charge in [-0.2, -0.15) is 10.1 Å². The van der Waals surface area contributed by atoms with E-state index in [1.165, 1.54) is 22.4 Å². The Labute approximate surface area is 166 Å². The topological polar surface area (TPSA) is 57.2 Å². The second-order valence-corrected chi connectivity index (χ2v) is 7.33. The maximum absolute atomic E-state index is 4.67.